The summed E-state index contributed by atoms with van der Waals surface area (Å²) >= 11 is 6.08. The standard InChI is InChI=1S/C15H15ClN2/c16-14-6-3-9-17-15(14)18-10-12-8-7-11-4-1-2-5-13(11)12/h1-6,9,12H,7-8,10H2,(H,17,18)/t12-/m1/s1. The maximum atomic E-state index is 6.08. The number of aromatic nitrogens is 1. The van der Waals surface area contributed by atoms with E-state index in [-0.39, 0.29) is 0 Å². The maximum absolute atomic E-state index is 6.08. The number of rotatable bonds is 3. The zero-order chi connectivity index (χ0) is 12.4. The van der Waals surface area contributed by atoms with Crippen molar-refractivity contribution in [2.24, 2.45) is 0 Å². The lowest BCUT2D eigenvalue weighted by molar-refractivity contribution is 0.707. The van der Waals surface area contributed by atoms with Crippen molar-refractivity contribution in [2.75, 3.05) is 11.9 Å². The maximum Gasteiger partial charge on any atom is 0.144 e. The molecule has 2 aromatic rings. The molecule has 0 spiro atoms. The van der Waals surface area contributed by atoms with Gasteiger partial charge in [-0.25, -0.2) is 4.98 Å². The first-order chi connectivity index (χ1) is 8.84. The van der Waals surface area contributed by atoms with E-state index in [4.69, 9.17) is 11.6 Å². The molecular formula is C15H15ClN2. The highest BCUT2D eigenvalue weighted by molar-refractivity contribution is 6.32. The van der Waals surface area contributed by atoms with Crippen molar-refractivity contribution in [1.82, 2.24) is 4.98 Å². The van der Waals surface area contributed by atoms with Crippen LogP contribution in [0.1, 0.15) is 23.5 Å². The van der Waals surface area contributed by atoms with E-state index in [1.807, 2.05) is 12.1 Å². The van der Waals surface area contributed by atoms with Crippen molar-refractivity contribution in [3.8, 4) is 0 Å². The molecule has 1 aliphatic carbocycles. The number of hydrogen-bond acceptors (Lipinski definition) is 2. The average molecular weight is 259 g/mol. The van der Waals surface area contributed by atoms with Gasteiger partial charge in [0.25, 0.3) is 0 Å². The summed E-state index contributed by atoms with van der Waals surface area (Å²) in [4.78, 5) is 4.25. The number of nitrogens with zero attached hydrogens (tertiary/aromatic N) is 1. The first-order valence-corrected chi connectivity index (χ1v) is 6.64. The smallest absolute Gasteiger partial charge is 0.144 e. The second kappa shape index (κ2) is 4.99. The van der Waals surface area contributed by atoms with Crippen molar-refractivity contribution in [2.45, 2.75) is 18.8 Å². The number of halogens is 1. The van der Waals surface area contributed by atoms with Crippen LogP contribution in [0.3, 0.4) is 0 Å². The van der Waals surface area contributed by atoms with Gasteiger partial charge < -0.3 is 5.32 Å². The summed E-state index contributed by atoms with van der Waals surface area (Å²) in [5, 5.41) is 4.04. The first kappa shape index (κ1) is 11.5. The molecule has 0 radical (unpaired) electrons. The molecule has 1 heterocycles. The Labute approximate surface area is 112 Å². The van der Waals surface area contributed by atoms with Crippen molar-refractivity contribution in [1.29, 1.82) is 0 Å². The monoisotopic (exact) mass is 258 g/mol. The number of benzene rings is 1. The Morgan fingerprint density at radius 1 is 1.22 bits per heavy atom. The Morgan fingerprint density at radius 2 is 2.11 bits per heavy atom. The van der Waals surface area contributed by atoms with E-state index in [1.54, 1.807) is 6.20 Å². The predicted octanol–water partition coefficient (Wildman–Crippen LogP) is 3.88. The van der Waals surface area contributed by atoms with E-state index in [0.29, 0.717) is 10.9 Å². The molecule has 2 nitrogen and oxygen atoms in total. The third-order valence-electron chi connectivity index (χ3n) is 3.53. The fraction of sp³-hybridized carbons (Fsp3) is 0.267. The highest BCUT2D eigenvalue weighted by atomic mass is 35.5. The Balaban J connectivity index is 1.71. The molecule has 1 N–H and O–H groups in total. The summed E-state index contributed by atoms with van der Waals surface area (Å²) in [5.74, 6) is 1.35. The molecule has 18 heavy (non-hydrogen) atoms. The fourth-order valence-corrected chi connectivity index (χ4v) is 2.78. The molecule has 0 bridgehead atoms. The Bertz CT molecular complexity index is 554. The van der Waals surface area contributed by atoms with Crippen LogP contribution in [0.15, 0.2) is 42.6 Å². The van der Waals surface area contributed by atoms with Gasteiger partial charge in [-0.1, -0.05) is 35.9 Å². The van der Waals surface area contributed by atoms with E-state index in [2.05, 4.69) is 34.6 Å². The number of aryl methyl sites for hydroxylation is 1. The quantitative estimate of drug-likeness (QED) is 0.904. The fourth-order valence-electron chi connectivity index (χ4n) is 2.59. The topological polar surface area (TPSA) is 24.9 Å². The zero-order valence-electron chi connectivity index (χ0n) is 10.1. The molecule has 92 valence electrons. The molecule has 0 amide bonds. The highest BCUT2D eigenvalue weighted by Gasteiger charge is 2.21. The number of pyridine rings is 1. The normalized spacial score (nSPS) is 17.5. The summed E-state index contributed by atoms with van der Waals surface area (Å²) in [7, 11) is 0. The summed E-state index contributed by atoms with van der Waals surface area (Å²) in [6, 6.07) is 12.4. The van der Waals surface area contributed by atoms with E-state index in [1.165, 1.54) is 24.0 Å². The average Bonchev–Trinajstić information content (AvgIpc) is 2.81. The number of nitrogens with one attached hydrogen (secondary N) is 1. The van der Waals surface area contributed by atoms with Gasteiger partial charge in [0.2, 0.25) is 0 Å². The van der Waals surface area contributed by atoms with Crippen LogP contribution in [-0.4, -0.2) is 11.5 Å². The van der Waals surface area contributed by atoms with E-state index >= 15 is 0 Å². The van der Waals surface area contributed by atoms with E-state index in [9.17, 15) is 0 Å². The molecule has 3 rings (SSSR count). The van der Waals surface area contributed by atoms with Crippen LogP contribution in [0, 0.1) is 0 Å². The Kier molecular flexibility index (Phi) is 3.20. The van der Waals surface area contributed by atoms with Gasteiger partial charge in [0.1, 0.15) is 5.82 Å². The van der Waals surface area contributed by atoms with Crippen molar-refractivity contribution in [3.63, 3.8) is 0 Å². The van der Waals surface area contributed by atoms with Gasteiger partial charge in [-0.15, -0.1) is 0 Å². The summed E-state index contributed by atoms with van der Waals surface area (Å²) in [6.45, 7) is 0.897. The second-order valence-corrected chi connectivity index (χ2v) is 5.06. The van der Waals surface area contributed by atoms with Crippen molar-refractivity contribution >= 4 is 17.4 Å². The molecular weight excluding hydrogens is 244 g/mol. The molecule has 0 aliphatic heterocycles. The number of fused-ring (bicyclic) bond motifs is 1. The molecule has 0 saturated carbocycles. The third kappa shape index (κ3) is 2.21. The Hall–Kier alpha value is -1.54. The minimum absolute atomic E-state index is 0.569. The minimum Gasteiger partial charge on any atom is -0.368 e. The molecule has 1 aliphatic rings. The van der Waals surface area contributed by atoms with E-state index < -0.39 is 0 Å². The van der Waals surface area contributed by atoms with Crippen LogP contribution in [0.4, 0.5) is 5.82 Å². The van der Waals surface area contributed by atoms with Crippen LogP contribution >= 0.6 is 11.6 Å². The molecule has 1 atom stereocenters. The molecule has 0 saturated heterocycles. The largest absolute Gasteiger partial charge is 0.368 e. The van der Waals surface area contributed by atoms with Crippen molar-refractivity contribution in [3.05, 3.63) is 58.7 Å². The number of hydrogen-bond donors (Lipinski definition) is 1. The van der Waals surface area contributed by atoms with Crippen LogP contribution in [0.25, 0.3) is 0 Å². The van der Waals surface area contributed by atoms with E-state index in [0.717, 1.165) is 12.4 Å². The summed E-state index contributed by atoms with van der Waals surface area (Å²) < 4.78 is 0. The van der Waals surface area contributed by atoms with Gasteiger partial charge in [0, 0.05) is 18.7 Å². The minimum atomic E-state index is 0.569. The van der Waals surface area contributed by atoms with Gasteiger partial charge in [0.15, 0.2) is 0 Å². The first-order valence-electron chi connectivity index (χ1n) is 6.27. The molecule has 0 fully saturated rings. The van der Waals surface area contributed by atoms with Crippen LogP contribution in [0.2, 0.25) is 5.02 Å². The summed E-state index contributed by atoms with van der Waals surface area (Å²) in [5.41, 5.74) is 2.95. The van der Waals surface area contributed by atoms with Gasteiger partial charge in [-0.3, -0.25) is 0 Å². The van der Waals surface area contributed by atoms with Crippen molar-refractivity contribution < 1.29 is 0 Å². The molecule has 1 aromatic heterocycles. The molecule has 0 unspecified atom stereocenters. The van der Waals surface area contributed by atoms with Crippen LogP contribution < -0.4 is 5.32 Å². The highest BCUT2D eigenvalue weighted by Crippen LogP contribution is 2.33. The van der Waals surface area contributed by atoms with Gasteiger partial charge in [-0.2, -0.15) is 0 Å². The van der Waals surface area contributed by atoms with Crippen LogP contribution in [-0.2, 0) is 6.42 Å². The van der Waals surface area contributed by atoms with Gasteiger partial charge in [0.05, 0.1) is 5.02 Å². The summed E-state index contributed by atoms with van der Waals surface area (Å²) in [6.07, 6.45) is 4.14. The SMILES string of the molecule is Clc1cccnc1NC[C@H]1CCc2ccccc21. The molecule has 1 aromatic carbocycles. The second-order valence-electron chi connectivity index (χ2n) is 4.65. The van der Waals surface area contributed by atoms with Gasteiger partial charge in [-0.05, 0) is 36.1 Å². The third-order valence-corrected chi connectivity index (χ3v) is 3.84. The van der Waals surface area contributed by atoms with Crippen LogP contribution in [0.5, 0.6) is 0 Å². The lowest BCUT2D eigenvalue weighted by Crippen LogP contribution is -2.11. The molecule has 3 heteroatoms. The van der Waals surface area contributed by atoms with Gasteiger partial charge >= 0.3 is 0 Å². The predicted molar refractivity (Wildman–Crippen MR) is 75.2 cm³/mol. The lowest BCUT2D eigenvalue weighted by Gasteiger charge is -2.13. The Morgan fingerprint density at radius 3 is 3.00 bits per heavy atom. The zero-order valence-corrected chi connectivity index (χ0v) is 10.8. The lowest BCUT2D eigenvalue weighted by atomic mass is 10.0. The number of anilines is 1.